The monoisotopic (exact) mass is 416 g/mol. The van der Waals surface area contributed by atoms with Crippen LogP contribution in [0.4, 0.5) is 0 Å². The molecule has 0 spiro atoms. The minimum atomic E-state index is 0.727. The number of pyridine rings is 4. The van der Waals surface area contributed by atoms with E-state index in [9.17, 15) is 0 Å². The molecule has 0 fully saturated rings. The third kappa shape index (κ3) is 4.11. The lowest BCUT2D eigenvalue weighted by atomic mass is 10.1. The van der Waals surface area contributed by atoms with Crippen LogP contribution in [0.15, 0.2) is 85.5 Å². The van der Waals surface area contributed by atoms with Gasteiger partial charge in [0.05, 0.1) is 45.6 Å². The first-order chi connectivity index (χ1) is 15.7. The summed E-state index contributed by atoms with van der Waals surface area (Å²) < 4.78 is 0. The van der Waals surface area contributed by atoms with Crippen molar-refractivity contribution in [2.75, 3.05) is 0 Å². The van der Waals surface area contributed by atoms with Gasteiger partial charge < -0.3 is 0 Å². The fourth-order valence-electron chi connectivity index (χ4n) is 3.32. The zero-order valence-corrected chi connectivity index (χ0v) is 17.8. The van der Waals surface area contributed by atoms with Crippen molar-refractivity contribution in [1.82, 2.24) is 29.9 Å². The van der Waals surface area contributed by atoms with E-state index < -0.39 is 0 Å². The van der Waals surface area contributed by atoms with Gasteiger partial charge in [-0.3, -0.25) is 9.97 Å². The Labute approximate surface area is 186 Å². The lowest BCUT2D eigenvalue weighted by molar-refractivity contribution is 1.13. The second-order valence-electron chi connectivity index (χ2n) is 7.55. The SMILES string of the molecule is Cc1ccc(-c2cccc(-c3cc(-c4cccc(-c5ccc(C)cn5)n4)ncn3)n2)nc1. The lowest BCUT2D eigenvalue weighted by Crippen LogP contribution is -1.96. The number of hydrogen-bond acceptors (Lipinski definition) is 6. The molecular weight excluding hydrogens is 396 g/mol. The normalized spacial score (nSPS) is 10.8. The number of aromatic nitrogens is 6. The molecule has 6 heteroatoms. The van der Waals surface area contributed by atoms with Crippen molar-refractivity contribution in [3.63, 3.8) is 0 Å². The van der Waals surface area contributed by atoms with Gasteiger partial charge in [0.15, 0.2) is 0 Å². The van der Waals surface area contributed by atoms with Gasteiger partial charge in [0.1, 0.15) is 6.33 Å². The van der Waals surface area contributed by atoms with E-state index >= 15 is 0 Å². The Morgan fingerprint density at radius 2 is 0.875 bits per heavy atom. The van der Waals surface area contributed by atoms with Crippen molar-refractivity contribution in [2.24, 2.45) is 0 Å². The zero-order chi connectivity index (χ0) is 21.9. The van der Waals surface area contributed by atoms with Crippen molar-refractivity contribution >= 4 is 0 Å². The van der Waals surface area contributed by atoms with Crippen molar-refractivity contribution < 1.29 is 0 Å². The molecule has 154 valence electrons. The summed E-state index contributed by atoms with van der Waals surface area (Å²) >= 11 is 0. The molecule has 0 radical (unpaired) electrons. The molecule has 0 saturated heterocycles. The molecule has 0 aliphatic rings. The van der Waals surface area contributed by atoms with Gasteiger partial charge in [0, 0.05) is 12.4 Å². The quantitative estimate of drug-likeness (QED) is 0.393. The Hall–Kier alpha value is -4.32. The highest BCUT2D eigenvalue weighted by Gasteiger charge is 2.10. The van der Waals surface area contributed by atoms with E-state index in [4.69, 9.17) is 9.97 Å². The van der Waals surface area contributed by atoms with Crippen LogP contribution in [0.5, 0.6) is 0 Å². The molecule has 5 aromatic rings. The Morgan fingerprint density at radius 3 is 1.28 bits per heavy atom. The average molecular weight is 416 g/mol. The molecule has 5 rings (SSSR count). The highest BCUT2D eigenvalue weighted by molar-refractivity contribution is 5.67. The van der Waals surface area contributed by atoms with Crippen molar-refractivity contribution in [1.29, 1.82) is 0 Å². The van der Waals surface area contributed by atoms with Gasteiger partial charge in [-0.25, -0.2) is 19.9 Å². The van der Waals surface area contributed by atoms with Crippen LogP contribution in [0.1, 0.15) is 11.1 Å². The zero-order valence-electron chi connectivity index (χ0n) is 17.8. The molecule has 0 saturated carbocycles. The summed E-state index contributed by atoms with van der Waals surface area (Å²) in [6.07, 6.45) is 5.23. The van der Waals surface area contributed by atoms with E-state index in [1.54, 1.807) is 6.33 Å². The van der Waals surface area contributed by atoms with Crippen molar-refractivity contribution in [3.05, 3.63) is 96.6 Å². The predicted octanol–water partition coefficient (Wildman–Crippen LogP) is 5.34. The van der Waals surface area contributed by atoms with Crippen LogP contribution in [0.3, 0.4) is 0 Å². The molecule has 0 unspecified atom stereocenters. The van der Waals surface area contributed by atoms with Crippen LogP contribution in [0.2, 0.25) is 0 Å². The first kappa shape index (κ1) is 19.6. The fraction of sp³-hybridized carbons (Fsp3) is 0.0769. The Balaban J connectivity index is 1.49. The molecule has 5 heterocycles. The lowest BCUT2D eigenvalue weighted by Gasteiger charge is -2.07. The molecule has 0 atom stereocenters. The Bertz CT molecular complexity index is 1270. The van der Waals surface area contributed by atoms with Gasteiger partial charge in [0.2, 0.25) is 0 Å². The third-order valence-corrected chi connectivity index (χ3v) is 5.04. The highest BCUT2D eigenvalue weighted by atomic mass is 14.9. The number of rotatable bonds is 4. The summed E-state index contributed by atoms with van der Waals surface area (Å²) in [5.74, 6) is 0. The topological polar surface area (TPSA) is 77.3 Å². The standard InChI is InChI=1S/C26H20N6/c1-17-9-11-19(27-14-17)21-5-3-7-23(31-21)25-13-26(30-16-29-25)24-8-4-6-22(32-24)20-12-10-18(2)15-28-20/h3-16H,1-2H3. The van der Waals surface area contributed by atoms with Gasteiger partial charge in [-0.2, -0.15) is 0 Å². The maximum Gasteiger partial charge on any atom is 0.116 e. The van der Waals surface area contributed by atoms with Crippen LogP contribution in [-0.2, 0) is 0 Å². The molecule has 0 bridgehead atoms. The van der Waals surface area contributed by atoms with Crippen molar-refractivity contribution in [2.45, 2.75) is 13.8 Å². The number of hydrogen-bond donors (Lipinski definition) is 0. The van der Waals surface area contributed by atoms with Crippen LogP contribution in [0, 0.1) is 13.8 Å². The summed E-state index contributed by atoms with van der Waals surface area (Å²) in [5.41, 5.74) is 8.44. The van der Waals surface area contributed by atoms with E-state index in [1.807, 2.05) is 93.0 Å². The van der Waals surface area contributed by atoms with Gasteiger partial charge in [-0.05, 0) is 67.4 Å². The molecular formula is C26H20N6. The molecule has 0 amide bonds. The third-order valence-electron chi connectivity index (χ3n) is 5.04. The van der Waals surface area contributed by atoms with E-state index in [1.165, 1.54) is 0 Å². The minimum Gasteiger partial charge on any atom is -0.254 e. The molecule has 0 N–H and O–H groups in total. The smallest absolute Gasteiger partial charge is 0.116 e. The first-order valence-corrected chi connectivity index (χ1v) is 10.3. The van der Waals surface area contributed by atoms with Crippen LogP contribution >= 0.6 is 0 Å². The van der Waals surface area contributed by atoms with E-state index in [2.05, 4.69) is 19.9 Å². The molecule has 0 aliphatic carbocycles. The summed E-state index contributed by atoms with van der Waals surface area (Å²) in [6, 6.07) is 21.6. The first-order valence-electron chi connectivity index (χ1n) is 10.3. The highest BCUT2D eigenvalue weighted by Crippen LogP contribution is 2.24. The summed E-state index contributed by atoms with van der Waals surface area (Å²) in [6.45, 7) is 4.03. The van der Waals surface area contributed by atoms with Gasteiger partial charge in [0.25, 0.3) is 0 Å². The number of nitrogens with zero attached hydrogens (tertiary/aromatic N) is 6. The van der Waals surface area contributed by atoms with Crippen LogP contribution < -0.4 is 0 Å². The van der Waals surface area contributed by atoms with E-state index in [0.29, 0.717) is 0 Å². The summed E-state index contributed by atoms with van der Waals surface area (Å²) in [4.78, 5) is 27.4. The summed E-state index contributed by atoms with van der Waals surface area (Å²) in [7, 11) is 0. The second kappa shape index (κ2) is 8.43. The minimum absolute atomic E-state index is 0.727. The fourth-order valence-corrected chi connectivity index (χ4v) is 3.32. The molecule has 0 aliphatic heterocycles. The Kier molecular flexibility index (Phi) is 5.17. The maximum atomic E-state index is 4.77. The number of aryl methyl sites for hydroxylation is 2. The Morgan fingerprint density at radius 1 is 0.438 bits per heavy atom. The maximum absolute atomic E-state index is 4.77. The molecule has 0 aromatic carbocycles. The van der Waals surface area contributed by atoms with Gasteiger partial charge >= 0.3 is 0 Å². The van der Waals surface area contributed by atoms with Crippen molar-refractivity contribution in [3.8, 4) is 45.6 Å². The van der Waals surface area contributed by atoms with Crippen LogP contribution in [-0.4, -0.2) is 29.9 Å². The average Bonchev–Trinajstić information content (AvgIpc) is 2.85. The summed E-state index contributed by atoms with van der Waals surface area (Å²) in [5, 5.41) is 0. The van der Waals surface area contributed by atoms with Gasteiger partial charge in [-0.15, -0.1) is 0 Å². The van der Waals surface area contributed by atoms with Gasteiger partial charge in [-0.1, -0.05) is 24.3 Å². The largest absolute Gasteiger partial charge is 0.254 e. The molecule has 6 nitrogen and oxygen atoms in total. The van der Waals surface area contributed by atoms with E-state index in [0.717, 1.165) is 56.7 Å². The molecule has 5 aromatic heterocycles. The molecule has 32 heavy (non-hydrogen) atoms. The van der Waals surface area contributed by atoms with Crippen LogP contribution in [0.25, 0.3) is 45.6 Å². The van der Waals surface area contributed by atoms with E-state index in [-0.39, 0.29) is 0 Å². The second-order valence-corrected chi connectivity index (χ2v) is 7.55. The predicted molar refractivity (Wildman–Crippen MR) is 124 cm³/mol.